The van der Waals surface area contributed by atoms with Crippen molar-refractivity contribution in [1.82, 2.24) is 10.6 Å². The molecule has 0 aliphatic carbocycles. The molecule has 0 heterocycles. The molecule has 2 N–H and O–H groups in total. The van der Waals surface area contributed by atoms with Gasteiger partial charge in [0.1, 0.15) is 0 Å². The van der Waals surface area contributed by atoms with Gasteiger partial charge in [0.25, 0.3) is 0 Å². The number of aryl methyl sites for hydroxylation is 1. The van der Waals surface area contributed by atoms with Crippen LogP contribution in [0.15, 0.2) is 24.3 Å². The molecule has 0 aliphatic heterocycles. The summed E-state index contributed by atoms with van der Waals surface area (Å²) < 4.78 is 4.80. The highest BCUT2D eigenvalue weighted by Gasteiger charge is 2.05. The average Bonchev–Trinajstić information content (AvgIpc) is 2.43. The molecule has 110 valence electrons. The summed E-state index contributed by atoms with van der Waals surface area (Å²) in [5.41, 5.74) is 0.997. The molecule has 5 nitrogen and oxygen atoms in total. The highest BCUT2D eigenvalue weighted by Crippen LogP contribution is 2.11. The van der Waals surface area contributed by atoms with Gasteiger partial charge in [-0.15, -0.1) is 0 Å². The van der Waals surface area contributed by atoms with Crippen LogP contribution < -0.4 is 10.6 Å². The third kappa shape index (κ3) is 7.11. The fourth-order valence-electron chi connectivity index (χ4n) is 1.57. The van der Waals surface area contributed by atoms with Crippen LogP contribution in [-0.2, 0) is 20.7 Å². The molecule has 0 saturated carbocycles. The second kappa shape index (κ2) is 9.34. The standard InChI is InChI=1S/C14H19ClN2O3/c1-20-8-7-16-14(19)10-17-13(18)6-5-11-3-2-4-12(15)9-11/h2-4,9H,5-8,10H2,1H3,(H,16,19)(H,17,18). The lowest BCUT2D eigenvalue weighted by molar-refractivity contribution is -0.126. The first-order valence-corrected chi connectivity index (χ1v) is 6.76. The van der Waals surface area contributed by atoms with Gasteiger partial charge in [0.15, 0.2) is 0 Å². The summed E-state index contributed by atoms with van der Waals surface area (Å²) in [4.78, 5) is 22.9. The molecule has 6 heteroatoms. The van der Waals surface area contributed by atoms with E-state index in [1.165, 1.54) is 0 Å². The Morgan fingerprint density at radius 3 is 2.75 bits per heavy atom. The van der Waals surface area contributed by atoms with E-state index in [2.05, 4.69) is 10.6 Å². The van der Waals surface area contributed by atoms with Crippen LogP contribution in [0.5, 0.6) is 0 Å². The van der Waals surface area contributed by atoms with E-state index in [1.807, 2.05) is 18.2 Å². The second-order valence-electron chi connectivity index (χ2n) is 4.25. The lowest BCUT2D eigenvalue weighted by Gasteiger charge is -2.06. The van der Waals surface area contributed by atoms with E-state index >= 15 is 0 Å². The third-order valence-corrected chi connectivity index (χ3v) is 2.84. The predicted molar refractivity (Wildman–Crippen MR) is 77.7 cm³/mol. The average molecular weight is 299 g/mol. The van der Waals surface area contributed by atoms with Gasteiger partial charge < -0.3 is 15.4 Å². The Morgan fingerprint density at radius 2 is 2.05 bits per heavy atom. The number of hydrogen-bond acceptors (Lipinski definition) is 3. The first-order chi connectivity index (χ1) is 9.61. The van der Waals surface area contributed by atoms with Crippen LogP contribution in [0.1, 0.15) is 12.0 Å². The normalized spacial score (nSPS) is 10.1. The van der Waals surface area contributed by atoms with Crippen molar-refractivity contribution >= 4 is 23.4 Å². The zero-order valence-electron chi connectivity index (χ0n) is 11.4. The van der Waals surface area contributed by atoms with Crippen LogP contribution in [0.4, 0.5) is 0 Å². The summed E-state index contributed by atoms with van der Waals surface area (Å²) in [6.07, 6.45) is 0.920. The van der Waals surface area contributed by atoms with Crippen molar-refractivity contribution in [2.24, 2.45) is 0 Å². The van der Waals surface area contributed by atoms with Crippen LogP contribution >= 0.6 is 11.6 Å². The molecule has 0 fully saturated rings. The van der Waals surface area contributed by atoms with Crippen molar-refractivity contribution in [3.05, 3.63) is 34.9 Å². The minimum atomic E-state index is -0.224. The molecule has 1 aromatic rings. The van der Waals surface area contributed by atoms with Gasteiger partial charge in [0, 0.05) is 25.1 Å². The molecule has 0 atom stereocenters. The smallest absolute Gasteiger partial charge is 0.239 e. The van der Waals surface area contributed by atoms with Crippen LogP contribution in [0.25, 0.3) is 0 Å². The summed E-state index contributed by atoms with van der Waals surface area (Å²) in [6, 6.07) is 7.37. The second-order valence-corrected chi connectivity index (χ2v) is 4.69. The summed E-state index contributed by atoms with van der Waals surface area (Å²) in [5.74, 6) is -0.384. The molecule has 0 aromatic heterocycles. The van der Waals surface area contributed by atoms with Crippen molar-refractivity contribution in [2.75, 3.05) is 26.8 Å². The molecule has 0 radical (unpaired) electrons. The van der Waals surface area contributed by atoms with Crippen molar-refractivity contribution in [3.63, 3.8) is 0 Å². The number of benzene rings is 1. The molecule has 0 saturated heterocycles. The first kappa shape index (κ1) is 16.5. The lowest BCUT2D eigenvalue weighted by atomic mass is 10.1. The van der Waals surface area contributed by atoms with Crippen LogP contribution in [0.2, 0.25) is 5.02 Å². The van der Waals surface area contributed by atoms with Crippen LogP contribution in [0, 0.1) is 0 Å². The summed E-state index contributed by atoms with van der Waals surface area (Å²) in [5, 5.41) is 5.85. The minimum Gasteiger partial charge on any atom is -0.383 e. The molecule has 0 aliphatic rings. The summed E-state index contributed by atoms with van der Waals surface area (Å²) >= 11 is 5.86. The Morgan fingerprint density at radius 1 is 1.25 bits per heavy atom. The highest BCUT2D eigenvalue weighted by atomic mass is 35.5. The number of halogens is 1. The topological polar surface area (TPSA) is 67.4 Å². The van der Waals surface area contributed by atoms with Crippen molar-refractivity contribution in [2.45, 2.75) is 12.8 Å². The maximum atomic E-state index is 11.6. The molecule has 1 rings (SSSR count). The largest absolute Gasteiger partial charge is 0.383 e. The van der Waals surface area contributed by atoms with Gasteiger partial charge in [-0.2, -0.15) is 0 Å². The van der Waals surface area contributed by atoms with E-state index in [-0.39, 0.29) is 18.4 Å². The quantitative estimate of drug-likeness (QED) is 0.708. The number of amides is 2. The van der Waals surface area contributed by atoms with Gasteiger partial charge >= 0.3 is 0 Å². The van der Waals surface area contributed by atoms with E-state index in [4.69, 9.17) is 16.3 Å². The van der Waals surface area contributed by atoms with Gasteiger partial charge in [-0.1, -0.05) is 23.7 Å². The van der Waals surface area contributed by atoms with E-state index in [0.717, 1.165) is 5.56 Å². The van der Waals surface area contributed by atoms with Gasteiger partial charge in [-0.3, -0.25) is 9.59 Å². The minimum absolute atomic E-state index is 0.0158. The Bertz CT molecular complexity index is 452. The number of carbonyl (C=O) groups is 2. The van der Waals surface area contributed by atoms with Crippen LogP contribution in [-0.4, -0.2) is 38.6 Å². The Kier molecular flexibility index (Phi) is 7.69. The molecule has 20 heavy (non-hydrogen) atoms. The Hall–Kier alpha value is -1.59. The van der Waals surface area contributed by atoms with Gasteiger partial charge in [0.05, 0.1) is 13.2 Å². The monoisotopic (exact) mass is 298 g/mol. The van der Waals surface area contributed by atoms with Crippen LogP contribution in [0.3, 0.4) is 0 Å². The molecule has 2 amide bonds. The zero-order chi connectivity index (χ0) is 14.8. The highest BCUT2D eigenvalue weighted by molar-refractivity contribution is 6.30. The van der Waals surface area contributed by atoms with Crippen molar-refractivity contribution < 1.29 is 14.3 Å². The predicted octanol–water partition coefficient (Wildman–Crippen LogP) is 1.15. The van der Waals surface area contributed by atoms with E-state index < -0.39 is 0 Å². The summed E-state index contributed by atoms with van der Waals surface area (Å²) in [6.45, 7) is 0.875. The maximum Gasteiger partial charge on any atom is 0.239 e. The Balaban J connectivity index is 2.19. The SMILES string of the molecule is COCCNC(=O)CNC(=O)CCc1cccc(Cl)c1. The lowest BCUT2D eigenvalue weighted by Crippen LogP contribution is -2.38. The first-order valence-electron chi connectivity index (χ1n) is 6.38. The fraction of sp³-hybridized carbons (Fsp3) is 0.429. The number of nitrogens with one attached hydrogen (secondary N) is 2. The summed E-state index contributed by atoms with van der Waals surface area (Å²) in [7, 11) is 1.56. The number of ether oxygens (including phenoxy) is 1. The Labute approximate surface area is 123 Å². The zero-order valence-corrected chi connectivity index (χ0v) is 12.2. The molecular formula is C14H19ClN2O3. The van der Waals surface area contributed by atoms with E-state index in [0.29, 0.717) is 31.0 Å². The van der Waals surface area contributed by atoms with Gasteiger partial charge in [-0.25, -0.2) is 0 Å². The molecule has 0 bridgehead atoms. The number of rotatable bonds is 8. The number of hydrogen-bond donors (Lipinski definition) is 2. The van der Waals surface area contributed by atoms with E-state index in [9.17, 15) is 9.59 Å². The molecular weight excluding hydrogens is 280 g/mol. The number of methoxy groups -OCH3 is 1. The molecule has 0 unspecified atom stereocenters. The van der Waals surface area contributed by atoms with Crippen molar-refractivity contribution in [3.8, 4) is 0 Å². The van der Waals surface area contributed by atoms with Gasteiger partial charge in [0.2, 0.25) is 11.8 Å². The fourth-order valence-corrected chi connectivity index (χ4v) is 1.79. The maximum absolute atomic E-state index is 11.6. The third-order valence-electron chi connectivity index (χ3n) is 2.60. The molecule has 1 aromatic carbocycles. The van der Waals surface area contributed by atoms with Crippen molar-refractivity contribution in [1.29, 1.82) is 0 Å². The van der Waals surface area contributed by atoms with E-state index in [1.54, 1.807) is 13.2 Å². The number of carbonyl (C=O) groups excluding carboxylic acids is 2. The van der Waals surface area contributed by atoms with Gasteiger partial charge in [-0.05, 0) is 24.1 Å². The molecule has 0 spiro atoms.